The molecule has 0 unspecified atom stereocenters. The van der Waals surface area contributed by atoms with E-state index in [4.69, 9.17) is 4.74 Å². The van der Waals surface area contributed by atoms with Crippen molar-refractivity contribution in [2.45, 2.75) is 96.6 Å². The van der Waals surface area contributed by atoms with Crippen molar-refractivity contribution >= 4 is 53.3 Å². The summed E-state index contributed by atoms with van der Waals surface area (Å²) in [6.45, 7) is 8.27. The van der Waals surface area contributed by atoms with E-state index in [-0.39, 0.29) is 29.0 Å². The minimum atomic E-state index is -0.781. The average Bonchev–Trinajstić information content (AvgIpc) is 3.15. The molecular formula is C31H46N4O6S2. The molecule has 3 heterocycles. The van der Waals surface area contributed by atoms with Gasteiger partial charge in [0.15, 0.2) is 0 Å². The number of hydrogen-bond donors (Lipinski definition) is 0. The Morgan fingerprint density at radius 1 is 0.884 bits per heavy atom. The van der Waals surface area contributed by atoms with E-state index in [9.17, 15) is 24.0 Å². The molecule has 0 N–H and O–H groups in total. The maximum Gasteiger partial charge on any atom is 0.334 e. The number of likely N-dealkylation sites (N-methyl/N-ethyl adjacent to an activating group) is 1. The molecule has 0 atom stereocenters. The lowest BCUT2D eigenvalue weighted by molar-refractivity contribution is -0.151. The van der Waals surface area contributed by atoms with E-state index in [1.807, 2.05) is 25.7 Å². The zero-order valence-electron chi connectivity index (χ0n) is 26.0. The normalized spacial score (nSPS) is 30.4. The quantitative estimate of drug-likeness (QED) is 0.186. The van der Waals surface area contributed by atoms with Gasteiger partial charge < -0.3 is 9.64 Å². The van der Waals surface area contributed by atoms with Crippen molar-refractivity contribution in [2.24, 2.45) is 11.3 Å². The van der Waals surface area contributed by atoms with Crippen LogP contribution in [0.2, 0.25) is 0 Å². The number of imide groups is 3. The lowest BCUT2D eigenvalue weighted by Crippen LogP contribution is -2.66. The van der Waals surface area contributed by atoms with Gasteiger partial charge in [-0.3, -0.25) is 29.1 Å². The van der Waals surface area contributed by atoms with Gasteiger partial charge in [0, 0.05) is 39.4 Å². The number of rotatable bonds is 10. The summed E-state index contributed by atoms with van der Waals surface area (Å²) in [5.74, 6) is 0.748. The van der Waals surface area contributed by atoms with Gasteiger partial charge in [-0.05, 0) is 80.6 Å². The summed E-state index contributed by atoms with van der Waals surface area (Å²) in [6.07, 6.45) is 7.37. The Morgan fingerprint density at radius 2 is 1.51 bits per heavy atom. The van der Waals surface area contributed by atoms with Crippen LogP contribution in [0.3, 0.4) is 0 Å². The average molecular weight is 635 g/mol. The standard InChI is InChI=1S/C31H46N4O6S2/c1-5-8-15-33-24(36)23(26(42-6-2)43-7-3)25(37)35(29(33)40)22-9-13-30(14-10-22)19-31(20-30)27(38)32(4)28(39)34(31)18-21-11-16-41-17-12-21/h21-22H,5-20H2,1-4H3. The number of unbranched alkanes of at least 4 members (excludes halogenated alkanes) is 1. The van der Waals surface area contributed by atoms with Crippen LogP contribution in [0.5, 0.6) is 0 Å². The molecule has 0 aromatic carbocycles. The van der Waals surface area contributed by atoms with Crippen molar-refractivity contribution in [1.82, 2.24) is 19.6 Å². The fourth-order valence-corrected chi connectivity index (χ4v) is 9.99. The number of carbonyl (C=O) groups excluding carboxylic acids is 5. The molecule has 2 spiro atoms. The molecule has 0 aromatic rings. The van der Waals surface area contributed by atoms with E-state index in [0.29, 0.717) is 68.6 Å². The second-order valence-corrected chi connectivity index (χ2v) is 15.5. The summed E-state index contributed by atoms with van der Waals surface area (Å²) >= 11 is 2.98. The van der Waals surface area contributed by atoms with Gasteiger partial charge in [0.1, 0.15) is 11.1 Å². The third-order valence-corrected chi connectivity index (χ3v) is 12.3. The zero-order chi connectivity index (χ0) is 30.9. The van der Waals surface area contributed by atoms with Gasteiger partial charge >= 0.3 is 12.1 Å². The molecule has 2 aliphatic carbocycles. The molecule has 43 heavy (non-hydrogen) atoms. The van der Waals surface area contributed by atoms with Gasteiger partial charge in [0.05, 0.1) is 4.24 Å². The first-order valence-corrected chi connectivity index (χ1v) is 18.0. The number of hydrogen-bond acceptors (Lipinski definition) is 8. The molecule has 3 saturated heterocycles. The Labute approximate surface area is 263 Å². The number of urea groups is 2. The van der Waals surface area contributed by atoms with Crippen molar-refractivity contribution in [3.63, 3.8) is 0 Å². The number of nitrogens with zero attached hydrogens (tertiary/aromatic N) is 4. The van der Waals surface area contributed by atoms with Gasteiger partial charge in [0.25, 0.3) is 17.7 Å². The van der Waals surface area contributed by atoms with Gasteiger partial charge in [-0.15, -0.1) is 23.5 Å². The van der Waals surface area contributed by atoms with Crippen LogP contribution in [0.4, 0.5) is 9.59 Å². The molecule has 5 fully saturated rings. The monoisotopic (exact) mass is 634 g/mol. The topological polar surface area (TPSA) is 108 Å². The Kier molecular flexibility index (Phi) is 9.87. The van der Waals surface area contributed by atoms with Crippen molar-refractivity contribution in [3.05, 3.63) is 9.81 Å². The summed E-state index contributed by atoms with van der Waals surface area (Å²) in [5.41, 5.74) is -0.735. The highest BCUT2D eigenvalue weighted by molar-refractivity contribution is 8.22. The highest BCUT2D eigenvalue weighted by Crippen LogP contribution is 2.61. The first-order valence-electron chi connectivity index (χ1n) is 16.0. The summed E-state index contributed by atoms with van der Waals surface area (Å²) < 4.78 is 6.21. The van der Waals surface area contributed by atoms with E-state index >= 15 is 0 Å². The van der Waals surface area contributed by atoms with Crippen molar-refractivity contribution in [3.8, 4) is 0 Å². The van der Waals surface area contributed by atoms with Gasteiger partial charge in [-0.1, -0.05) is 27.2 Å². The molecule has 5 aliphatic rings. The Hall–Kier alpha value is -2.05. The SMILES string of the molecule is CCCCN1C(=O)C(=C(SCC)SCC)C(=O)N(C2CCC3(CC2)CC2(C3)C(=O)N(C)C(=O)N2CC2CCOCC2)C1=O. The second-order valence-electron chi connectivity index (χ2n) is 12.7. The second kappa shape index (κ2) is 13.1. The maximum absolute atomic E-state index is 13.9. The summed E-state index contributed by atoms with van der Waals surface area (Å²) in [7, 11) is 1.59. The van der Waals surface area contributed by atoms with Gasteiger partial charge in [-0.2, -0.15) is 0 Å². The van der Waals surface area contributed by atoms with Crippen LogP contribution in [0.25, 0.3) is 0 Å². The maximum atomic E-state index is 13.9. The first kappa shape index (κ1) is 32.3. The van der Waals surface area contributed by atoms with E-state index in [1.165, 1.54) is 38.2 Å². The van der Waals surface area contributed by atoms with Crippen LogP contribution >= 0.6 is 23.5 Å². The van der Waals surface area contributed by atoms with Gasteiger partial charge in [-0.25, -0.2) is 9.59 Å². The number of thioether (sulfide) groups is 2. The molecule has 10 nitrogen and oxygen atoms in total. The van der Waals surface area contributed by atoms with E-state index in [0.717, 1.165) is 43.6 Å². The Morgan fingerprint density at radius 3 is 2.09 bits per heavy atom. The number of carbonyl (C=O) groups is 5. The smallest absolute Gasteiger partial charge is 0.334 e. The van der Waals surface area contributed by atoms with Crippen LogP contribution < -0.4 is 0 Å². The van der Waals surface area contributed by atoms with Crippen LogP contribution in [0.15, 0.2) is 9.81 Å². The fourth-order valence-electron chi connectivity index (χ4n) is 7.79. The fraction of sp³-hybridized carbons (Fsp3) is 0.774. The van der Waals surface area contributed by atoms with Crippen molar-refractivity contribution in [1.29, 1.82) is 0 Å². The van der Waals surface area contributed by atoms with E-state index in [2.05, 4.69) is 0 Å². The number of barbiturate groups is 1. The van der Waals surface area contributed by atoms with Crippen LogP contribution in [0.1, 0.15) is 85.0 Å². The molecule has 238 valence electrons. The predicted octanol–water partition coefficient (Wildman–Crippen LogP) is 5.08. The molecule has 3 aliphatic heterocycles. The summed E-state index contributed by atoms with van der Waals surface area (Å²) in [4.78, 5) is 73.6. The summed E-state index contributed by atoms with van der Waals surface area (Å²) in [5, 5.41) is 0. The van der Waals surface area contributed by atoms with E-state index < -0.39 is 23.4 Å². The molecule has 0 radical (unpaired) electrons. The molecule has 2 saturated carbocycles. The minimum Gasteiger partial charge on any atom is -0.381 e. The lowest BCUT2D eigenvalue weighted by Gasteiger charge is -2.59. The number of amides is 7. The Bertz CT molecular complexity index is 1160. The zero-order valence-corrected chi connectivity index (χ0v) is 27.7. The predicted molar refractivity (Wildman–Crippen MR) is 167 cm³/mol. The molecule has 7 amide bonds. The summed E-state index contributed by atoms with van der Waals surface area (Å²) in [6, 6.07) is -0.997. The molecule has 12 heteroatoms. The largest absolute Gasteiger partial charge is 0.381 e. The highest BCUT2D eigenvalue weighted by Gasteiger charge is 2.68. The van der Waals surface area contributed by atoms with Crippen molar-refractivity contribution < 1.29 is 28.7 Å². The third kappa shape index (κ3) is 5.76. The van der Waals surface area contributed by atoms with Crippen LogP contribution in [-0.4, -0.2) is 106 Å². The first-order chi connectivity index (χ1) is 20.6. The van der Waals surface area contributed by atoms with Crippen LogP contribution in [-0.2, 0) is 19.1 Å². The van der Waals surface area contributed by atoms with Crippen molar-refractivity contribution in [2.75, 3.05) is 44.9 Å². The third-order valence-electron chi connectivity index (χ3n) is 10.1. The lowest BCUT2D eigenvalue weighted by atomic mass is 9.51. The molecule has 0 bridgehead atoms. The van der Waals surface area contributed by atoms with Gasteiger partial charge in [0.2, 0.25) is 0 Å². The number of ether oxygens (including phenoxy) is 1. The van der Waals surface area contributed by atoms with E-state index in [1.54, 1.807) is 7.05 Å². The molecule has 0 aromatic heterocycles. The molecule has 5 rings (SSSR count). The molecular weight excluding hydrogens is 588 g/mol. The Balaban J connectivity index is 1.32. The van der Waals surface area contributed by atoms with Crippen LogP contribution in [0, 0.1) is 11.3 Å². The minimum absolute atomic E-state index is 0.0922. The highest BCUT2D eigenvalue weighted by atomic mass is 32.2.